The molecule has 4 rings (SSSR count). The first-order valence-corrected chi connectivity index (χ1v) is 7.83. The van der Waals surface area contributed by atoms with Crippen LogP contribution in [0.15, 0.2) is 35.1 Å². The summed E-state index contributed by atoms with van der Waals surface area (Å²) in [4.78, 5) is 8.86. The van der Waals surface area contributed by atoms with Crippen LogP contribution in [0.4, 0.5) is 0 Å². The van der Waals surface area contributed by atoms with Crippen molar-refractivity contribution in [3.63, 3.8) is 0 Å². The van der Waals surface area contributed by atoms with Crippen LogP contribution in [-0.2, 0) is 12.0 Å². The van der Waals surface area contributed by atoms with E-state index in [0.717, 1.165) is 42.8 Å². The molecule has 1 aliphatic carbocycles. The lowest BCUT2D eigenvalue weighted by Crippen LogP contribution is -2.44. The number of hydrogen-bond donors (Lipinski definition) is 1. The average Bonchev–Trinajstić information content (AvgIpc) is 3.19. The molecule has 1 aliphatic rings. The van der Waals surface area contributed by atoms with Gasteiger partial charge in [-0.05, 0) is 37.8 Å². The number of nitrogens with zero attached hydrogens (tertiary/aromatic N) is 5. The van der Waals surface area contributed by atoms with Crippen LogP contribution in [0.3, 0.4) is 0 Å². The van der Waals surface area contributed by atoms with Crippen molar-refractivity contribution in [1.29, 1.82) is 0 Å². The number of nitrogens with two attached hydrogens (primary N) is 1. The largest absolute Gasteiger partial charge is 0.334 e. The van der Waals surface area contributed by atoms with E-state index in [1.54, 1.807) is 17.1 Å². The second-order valence-electron chi connectivity index (χ2n) is 5.89. The predicted octanol–water partition coefficient (Wildman–Crippen LogP) is 2.22. The van der Waals surface area contributed by atoms with Gasteiger partial charge in [-0.25, -0.2) is 9.67 Å². The van der Waals surface area contributed by atoms with Crippen molar-refractivity contribution < 1.29 is 4.52 Å². The molecule has 1 saturated carbocycles. The zero-order valence-electron chi connectivity index (χ0n) is 12.9. The van der Waals surface area contributed by atoms with Crippen molar-refractivity contribution in [2.24, 2.45) is 5.73 Å². The Bertz CT molecular complexity index is 818. The Morgan fingerprint density at radius 2 is 2.22 bits per heavy atom. The predicted molar refractivity (Wildman–Crippen MR) is 83.7 cm³/mol. The normalized spacial score (nSPS) is 16.3. The van der Waals surface area contributed by atoms with Gasteiger partial charge in [0.15, 0.2) is 11.6 Å². The highest BCUT2D eigenvalue weighted by Crippen LogP contribution is 2.38. The van der Waals surface area contributed by atoms with Gasteiger partial charge in [-0.1, -0.05) is 18.1 Å². The van der Waals surface area contributed by atoms with Crippen LogP contribution < -0.4 is 5.73 Å². The standard InChI is InChI=1S/C16H18N6O/c1-2-12-11(10-19-22(12)13-6-3-4-9-18-13)14-20-15(21-23-14)16(17)7-5-8-16/h3-4,6,9-10H,2,5,7-8,17H2,1H3. The number of hydrogen-bond acceptors (Lipinski definition) is 6. The van der Waals surface area contributed by atoms with E-state index in [4.69, 9.17) is 10.3 Å². The molecule has 23 heavy (non-hydrogen) atoms. The highest BCUT2D eigenvalue weighted by atomic mass is 16.5. The molecule has 118 valence electrons. The maximum atomic E-state index is 6.27. The molecule has 0 bridgehead atoms. The Hall–Kier alpha value is -2.54. The fraction of sp³-hybridized carbons (Fsp3) is 0.375. The Labute approximate surface area is 133 Å². The number of rotatable bonds is 4. The molecule has 2 N–H and O–H groups in total. The Balaban J connectivity index is 1.74. The van der Waals surface area contributed by atoms with E-state index in [0.29, 0.717) is 11.7 Å². The molecule has 0 radical (unpaired) electrons. The Kier molecular flexibility index (Phi) is 3.23. The SMILES string of the molecule is CCc1c(-c2nc(C3(N)CCC3)no2)cnn1-c1ccccn1. The minimum absolute atomic E-state index is 0.425. The van der Waals surface area contributed by atoms with Gasteiger partial charge in [0.1, 0.15) is 0 Å². The maximum Gasteiger partial charge on any atom is 0.261 e. The van der Waals surface area contributed by atoms with E-state index >= 15 is 0 Å². The topological polar surface area (TPSA) is 95.6 Å². The third-order valence-corrected chi connectivity index (χ3v) is 4.42. The average molecular weight is 310 g/mol. The van der Waals surface area contributed by atoms with Crippen LogP contribution in [0.2, 0.25) is 0 Å². The van der Waals surface area contributed by atoms with Crippen molar-refractivity contribution >= 4 is 0 Å². The number of aromatic nitrogens is 5. The van der Waals surface area contributed by atoms with E-state index < -0.39 is 5.54 Å². The molecule has 3 aromatic heterocycles. The van der Waals surface area contributed by atoms with Gasteiger partial charge in [-0.2, -0.15) is 10.1 Å². The van der Waals surface area contributed by atoms with Crippen molar-refractivity contribution in [1.82, 2.24) is 24.9 Å². The van der Waals surface area contributed by atoms with Crippen LogP contribution in [0.25, 0.3) is 17.3 Å². The first-order valence-electron chi connectivity index (χ1n) is 7.83. The summed E-state index contributed by atoms with van der Waals surface area (Å²) in [5, 5.41) is 8.51. The summed E-state index contributed by atoms with van der Waals surface area (Å²) in [7, 11) is 0. The molecule has 0 atom stereocenters. The van der Waals surface area contributed by atoms with Crippen molar-refractivity contribution in [3.05, 3.63) is 42.1 Å². The first-order chi connectivity index (χ1) is 11.2. The zero-order chi connectivity index (χ0) is 15.9. The van der Waals surface area contributed by atoms with Gasteiger partial charge >= 0.3 is 0 Å². The molecule has 0 aliphatic heterocycles. The van der Waals surface area contributed by atoms with Gasteiger partial charge in [0.05, 0.1) is 23.0 Å². The molecule has 7 nitrogen and oxygen atoms in total. The molecule has 7 heteroatoms. The summed E-state index contributed by atoms with van der Waals surface area (Å²) >= 11 is 0. The van der Waals surface area contributed by atoms with Crippen molar-refractivity contribution in [2.75, 3.05) is 0 Å². The summed E-state index contributed by atoms with van der Waals surface area (Å²) < 4.78 is 7.26. The third-order valence-electron chi connectivity index (χ3n) is 4.42. The molecule has 3 heterocycles. The summed E-state index contributed by atoms with van der Waals surface area (Å²) in [6, 6.07) is 5.73. The van der Waals surface area contributed by atoms with Crippen molar-refractivity contribution in [3.8, 4) is 17.3 Å². The maximum absolute atomic E-state index is 6.27. The Morgan fingerprint density at radius 1 is 1.35 bits per heavy atom. The Morgan fingerprint density at radius 3 is 2.87 bits per heavy atom. The lowest BCUT2D eigenvalue weighted by Gasteiger charge is -2.34. The van der Waals surface area contributed by atoms with Crippen molar-refractivity contribution in [2.45, 2.75) is 38.1 Å². The van der Waals surface area contributed by atoms with Gasteiger partial charge in [-0.3, -0.25) is 0 Å². The van der Waals surface area contributed by atoms with Gasteiger partial charge in [0.25, 0.3) is 5.89 Å². The van der Waals surface area contributed by atoms with Gasteiger partial charge in [0, 0.05) is 6.20 Å². The van der Waals surface area contributed by atoms with Crippen LogP contribution in [0, 0.1) is 0 Å². The lowest BCUT2D eigenvalue weighted by molar-refractivity contribution is 0.229. The molecule has 3 aromatic rings. The van der Waals surface area contributed by atoms with E-state index in [-0.39, 0.29) is 0 Å². The third kappa shape index (κ3) is 2.24. The van der Waals surface area contributed by atoms with Gasteiger partial charge in [0.2, 0.25) is 0 Å². The molecule has 1 fully saturated rings. The molecule has 0 spiro atoms. The smallest absolute Gasteiger partial charge is 0.261 e. The van der Waals surface area contributed by atoms with E-state index in [9.17, 15) is 0 Å². The molecule has 0 unspecified atom stereocenters. The fourth-order valence-electron chi connectivity index (χ4n) is 2.89. The second kappa shape index (κ2) is 5.27. The summed E-state index contributed by atoms with van der Waals surface area (Å²) in [5.74, 6) is 1.83. The number of pyridine rings is 1. The van der Waals surface area contributed by atoms with Gasteiger partial charge < -0.3 is 10.3 Å². The monoisotopic (exact) mass is 310 g/mol. The highest BCUT2D eigenvalue weighted by molar-refractivity contribution is 5.57. The second-order valence-corrected chi connectivity index (χ2v) is 5.89. The van der Waals surface area contributed by atoms with E-state index in [1.165, 1.54) is 0 Å². The van der Waals surface area contributed by atoms with Crippen LogP contribution in [0.1, 0.15) is 37.7 Å². The van der Waals surface area contributed by atoms with Crippen LogP contribution in [-0.4, -0.2) is 24.9 Å². The molecular weight excluding hydrogens is 292 g/mol. The summed E-state index contributed by atoms with van der Waals surface area (Å²) in [5.41, 5.74) is 7.66. The summed E-state index contributed by atoms with van der Waals surface area (Å²) in [6.07, 6.45) is 7.18. The molecule has 0 saturated heterocycles. The highest BCUT2D eigenvalue weighted by Gasteiger charge is 2.39. The molecule has 0 amide bonds. The lowest BCUT2D eigenvalue weighted by atomic mass is 9.77. The van der Waals surface area contributed by atoms with E-state index in [1.807, 2.05) is 18.2 Å². The summed E-state index contributed by atoms with van der Waals surface area (Å²) in [6.45, 7) is 2.06. The van der Waals surface area contributed by atoms with Crippen LogP contribution >= 0.6 is 0 Å². The fourth-order valence-corrected chi connectivity index (χ4v) is 2.89. The molecule has 0 aromatic carbocycles. The quantitative estimate of drug-likeness (QED) is 0.793. The molecular formula is C16H18N6O. The van der Waals surface area contributed by atoms with E-state index in [2.05, 4.69) is 27.1 Å². The minimum atomic E-state index is -0.425. The van der Waals surface area contributed by atoms with Crippen LogP contribution in [0.5, 0.6) is 0 Å². The van der Waals surface area contributed by atoms with Gasteiger partial charge in [-0.15, -0.1) is 0 Å². The first kappa shape index (κ1) is 14.1. The minimum Gasteiger partial charge on any atom is -0.334 e. The zero-order valence-corrected chi connectivity index (χ0v) is 12.9.